The van der Waals surface area contributed by atoms with E-state index >= 15 is 0 Å². The molecule has 0 radical (unpaired) electrons. The van der Waals surface area contributed by atoms with Crippen LogP contribution in [0.3, 0.4) is 0 Å². The van der Waals surface area contributed by atoms with Crippen molar-refractivity contribution in [1.82, 2.24) is 0 Å². The summed E-state index contributed by atoms with van der Waals surface area (Å²) in [5, 5.41) is 0. The van der Waals surface area contributed by atoms with Crippen LogP contribution in [0.5, 0.6) is 5.75 Å². The van der Waals surface area contributed by atoms with Gasteiger partial charge in [0.25, 0.3) is 0 Å². The highest BCUT2D eigenvalue weighted by molar-refractivity contribution is 5.47. The summed E-state index contributed by atoms with van der Waals surface area (Å²) in [6, 6.07) is 14.5. The lowest BCUT2D eigenvalue weighted by Crippen LogP contribution is -2.25. The molecule has 112 valence electrons. The van der Waals surface area contributed by atoms with E-state index in [1.165, 1.54) is 12.1 Å². The van der Waals surface area contributed by atoms with Crippen molar-refractivity contribution >= 4 is 5.69 Å². The zero-order valence-corrected chi connectivity index (χ0v) is 12.3. The van der Waals surface area contributed by atoms with Crippen LogP contribution in [-0.4, -0.2) is 20.2 Å². The zero-order valence-electron chi connectivity index (χ0n) is 12.3. The Morgan fingerprint density at radius 2 is 1.90 bits per heavy atom. The van der Waals surface area contributed by atoms with Gasteiger partial charge in [-0.15, -0.1) is 0 Å². The Balaban J connectivity index is 2.17. The van der Waals surface area contributed by atoms with Gasteiger partial charge >= 0.3 is 0 Å². The first-order valence-electron chi connectivity index (χ1n) is 7.06. The summed E-state index contributed by atoms with van der Waals surface area (Å²) >= 11 is 0. The van der Waals surface area contributed by atoms with Crippen molar-refractivity contribution in [3.05, 3.63) is 59.9 Å². The summed E-state index contributed by atoms with van der Waals surface area (Å²) in [7, 11) is 1.66. The summed E-state index contributed by atoms with van der Waals surface area (Å²) in [4.78, 5) is 2.20. The molecule has 0 bridgehead atoms. The Morgan fingerprint density at radius 1 is 1.14 bits per heavy atom. The van der Waals surface area contributed by atoms with Crippen molar-refractivity contribution in [2.75, 3.05) is 25.1 Å². The number of hydrogen-bond donors (Lipinski definition) is 1. The third-order valence-corrected chi connectivity index (χ3v) is 3.33. The van der Waals surface area contributed by atoms with Crippen molar-refractivity contribution in [1.29, 1.82) is 0 Å². The van der Waals surface area contributed by atoms with Gasteiger partial charge in [0.05, 0.1) is 7.11 Å². The first-order chi connectivity index (χ1) is 10.2. The summed E-state index contributed by atoms with van der Waals surface area (Å²) < 4.78 is 18.3. The summed E-state index contributed by atoms with van der Waals surface area (Å²) in [5.74, 6) is 0.615. The topological polar surface area (TPSA) is 38.5 Å². The highest BCUT2D eigenvalue weighted by atomic mass is 19.1. The van der Waals surface area contributed by atoms with E-state index < -0.39 is 0 Å². The number of nitrogens with two attached hydrogens (primary N) is 1. The molecule has 0 unspecified atom stereocenters. The molecule has 2 N–H and O–H groups in total. The molecule has 0 saturated heterocycles. The fourth-order valence-electron chi connectivity index (χ4n) is 2.22. The number of anilines is 1. The van der Waals surface area contributed by atoms with Gasteiger partial charge in [-0.3, -0.25) is 0 Å². The van der Waals surface area contributed by atoms with Crippen LogP contribution in [0.4, 0.5) is 10.1 Å². The standard InChI is InChI=1S/C17H21FN2O/c1-21-17-5-2-4-14(12-17)13-20(11-3-10-19)16-8-6-15(18)7-9-16/h2,4-9,12H,3,10-11,13,19H2,1H3. The number of halogens is 1. The molecule has 0 heterocycles. The molecule has 0 amide bonds. The minimum Gasteiger partial charge on any atom is -0.497 e. The lowest BCUT2D eigenvalue weighted by atomic mass is 10.1. The molecule has 0 aliphatic heterocycles. The molecule has 0 saturated carbocycles. The van der Waals surface area contributed by atoms with Crippen LogP contribution >= 0.6 is 0 Å². The fourth-order valence-corrected chi connectivity index (χ4v) is 2.22. The van der Waals surface area contributed by atoms with Gasteiger partial charge in [-0.05, 0) is 54.9 Å². The van der Waals surface area contributed by atoms with E-state index in [9.17, 15) is 4.39 Å². The van der Waals surface area contributed by atoms with Gasteiger partial charge in [0, 0.05) is 18.8 Å². The third kappa shape index (κ3) is 4.46. The van der Waals surface area contributed by atoms with Crippen molar-refractivity contribution in [2.24, 2.45) is 5.73 Å². The second-order valence-corrected chi connectivity index (χ2v) is 4.89. The SMILES string of the molecule is COc1cccc(CN(CCCN)c2ccc(F)cc2)c1. The maximum absolute atomic E-state index is 13.1. The van der Waals surface area contributed by atoms with Gasteiger partial charge in [-0.1, -0.05) is 12.1 Å². The molecule has 0 fully saturated rings. The van der Waals surface area contributed by atoms with Crippen LogP contribution in [0.1, 0.15) is 12.0 Å². The number of rotatable bonds is 7. The molecule has 0 aliphatic rings. The van der Waals surface area contributed by atoms with E-state index in [4.69, 9.17) is 10.5 Å². The van der Waals surface area contributed by atoms with E-state index in [-0.39, 0.29) is 5.82 Å². The molecular formula is C17H21FN2O. The number of methoxy groups -OCH3 is 1. The van der Waals surface area contributed by atoms with Crippen LogP contribution in [0.25, 0.3) is 0 Å². The van der Waals surface area contributed by atoms with Gasteiger partial charge in [0.15, 0.2) is 0 Å². The Bertz CT molecular complexity index is 557. The maximum atomic E-state index is 13.1. The minimum atomic E-state index is -0.223. The van der Waals surface area contributed by atoms with Crippen LogP contribution in [0.15, 0.2) is 48.5 Å². The predicted octanol–water partition coefficient (Wildman–Crippen LogP) is 3.19. The molecule has 2 rings (SSSR count). The maximum Gasteiger partial charge on any atom is 0.123 e. The largest absolute Gasteiger partial charge is 0.497 e. The van der Waals surface area contributed by atoms with Gasteiger partial charge in [-0.2, -0.15) is 0 Å². The lowest BCUT2D eigenvalue weighted by molar-refractivity contribution is 0.414. The Kier molecular flexibility index (Phi) is 5.58. The van der Waals surface area contributed by atoms with E-state index in [2.05, 4.69) is 11.0 Å². The van der Waals surface area contributed by atoms with E-state index in [0.29, 0.717) is 6.54 Å². The molecule has 21 heavy (non-hydrogen) atoms. The number of hydrogen-bond acceptors (Lipinski definition) is 3. The van der Waals surface area contributed by atoms with Gasteiger partial charge < -0.3 is 15.4 Å². The quantitative estimate of drug-likeness (QED) is 0.850. The minimum absolute atomic E-state index is 0.223. The van der Waals surface area contributed by atoms with E-state index in [1.54, 1.807) is 19.2 Å². The summed E-state index contributed by atoms with van der Waals surface area (Å²) in [6.07, 6.45) is 0.890. The smallest absolute Gasteiger partial charge is 0.123 e. The Morgan fingerprint density at radius 3 is 2.57 bits per heavy atom. The van der Waals surface area contributed by atoms with Crippen molar-refractivity contribution < 1.29 is 9.13 Å². The first-order valence-corrected chi connectivity index (χ1v) is 7.06. The molecule has 0 aliphatic carbocycles. The average molecular weight is 288 g/mol. The normalized spacial score (nSPS) is 10.4. The fraction of sp³-hybridized carbons (Fsp3) is 0.294. The second-order valence-electron chi connectivity index (χ2n) is 4.89. The van der Waals surface area contributed by atoms with Crippen molar-refractivity contribution in [3.63, 3.8) is 0 Å². The van der Waals surface area contributed by atoms with Gasteiger partial charge in [0.1, 0.15) is 11.6 Å². The van der Waals surface area contributed by atoms with Crippen LogP contribution in [0.2, 0.25) is 0 Å². The molecule has 0 spiro atoms. The molecule has 0 aromatic heterocycles. The Labute approximate surface area is 125 Å². The van der Waals surface area contributed by atoms with E-state index in [0.717, 1.165) is 36.5 Å². The molecule has 0 atom stereocenters. The summed E-state index contributed by atoms with van der Waals surface area (Å²) in [5.41, 5.74) is 7.75. The molecular weight excluding hydrogens is 267 g/mol. The third-order valence-electron chi connectivity index (χ3n) is 3.33. The molecule has 4 heteroatoms. The lowest BCUT2D eigenvalue weighted by Gasteiger charge is -2.25. The summed E-state index contributed by atoms with van der Waals surface area (Å²) in [6.45, 7) is 2.21. The van der Waals surface area contributed by atoms with Gasteiger partial charge in [0.2, 0.25) is 0 Å². The van der Waals surface area contributed by atoms with E-state index in [1.807, 2.05) is 18.2 Å². The molecule has 3 nitrogen and oxygen atoms in total. The number of nitrogens with zero attached hydrogens (tertiary/aromatic N) is 1. The molecule has 2 aromatic carbocycles. The van der Waals surface area contributed by atoms with Gasteiger partial charge in [-0.25, -0.2) is 4.39 Å². The number of ether oxygens (including phenoxy) is 1. The van der Waals surface area contributed by atoms with Crippen LogP contribution < -0.4 is 15.4 Å². The number of benzene rings is 2. The Hall–Kier alpha value is -2.07. The first kappa shape index (κ1) is 15.3. The van der Waals surface area contributed by atoms with Crippen molar-refractivity contribution in [3.8, 4) is 5.75 Å². The predicted molar refractivity (Wildman–Crippen MR) is 84.1 cm³/mol. The monoisotopic (exact) mass is 288 g/mol. The van der Waals surface area contributed by atoms with Crippen molar-refractivity contribution in [2.45, 2.75) is 13.0 Å². The zero-order chi connectivity index (χ0) is 15.1. The molecule has 2 aromatic rings. The highest BCUT2D eigenvalue weighted by Gasteiger charge is 2.08. The second kappa shape index (κ2) is 7.64. The average Bonchev–Trinajstić information content (AvgIpc) is 2.52. The van der Waals surface area contributed by atoms with Crippen LogP contribution in [-0.2, 0) is 6.54 Å². The van der Waals surface area contributed by atoms with Crippen LogP contribution in [0, 0.1) is 5.82 Å². The highest BCUT2D eigenvalue weighted by Crippen LogP contribution is 2.20.